The third-order valence-electron chi connectivity index (χ3n) is 4.80. The van der Waals surface area contributed by atoms with Gasteiger partial charge >= 0.3 is 0 Å². The van der Waals surface area contributed by atoms with Crippen LogP contribution in [-0.2, 0) is 4.79 Å². The lowest BCUT2D eigenvalue weighted by atomic mass is 10.0. The van der Waals surface area contributed by atoms with Crippen LogP contribution in [0.2, 0.25) is 5.02 Å². The minimum Gasteiger partial charge on any atom is -0.490 e. The second-order valence-electron chi connectivity index (χ2n) is 7.44. The lowest BCUT2D eigenvalue weighted by Gasteiger charge is -2.15. The summed E-state index contributed by atoms with van der Waals surface area (Å²) >= 11 is 6.44. The molecular weight excluding hydrogens is 470 g/mol. The molecule has 0 aliphatic rings. The number of carbonyl (C=O) groups excluding carboxylic acids is 1. The average molecular weight is 492 g/mol. The first-order valence-corrected chi connectivity index (χ1v) is 11.0. The highest BCUT2D eigenvalue weighted by atomic mass is 35.5. The molecular formula is C26H22ClN3O5. The van der Waals surface area contributed by atoms with Crippen LogP contribution in [-0.4, -0.2) is 24.0 Å². The predicted molar refractivity (Wildman–Crippen MR) is 135 cm³/mol. The Morgan fingerprint density at radius 3 is 2.54 bits per heavy atom. The van der Waals surface area contributed by atoms with Crippen molar-refractivity contribution < 1.29 is 19.2 Å². The van der Waals surface area contributed by atoms with E-state index in [1.165, 1.54) is 24.3 Å². The van der Waals surface area contributed by atoms with E-state index in [0.29, 0.717) is 29.2 Å². The van der Waals surface area contributed by atoms with Crippen LogP contribution in [0.4, 0.5) is 11.4 Å². The first-order valence-electron chi connectivity index (χ1n) is 10.6. The van der Waals surface area contributed by atoms with Gasteiger partial charge in [0.25, 0.3) is 11.6 Å². The van der Waals surface area contributed by atoms with Crippen LogP contribution in [0.15, 0.2) is 60.7 Å². The number of nitrogens with zero attached hydrogens (tertiary/aromatic N) is 2. The van der Waals surface area contributed by atoms with Crippen molar-refractivity contribution in [3.63, 3.8) is 0 Å². The van der Waals surface area contributed by atoms with Crippen LogP contribution in [0.3, 0.4) is 0 Å². The highest BCUT2D eigenvalue weighted by Gasteiger charge is 2.15. The highest BCUT2D eigenvalue weighted by Crippen LogP contribution is 2.38. The Hall–Kier alpha value is -4.35. The van der Waals surface area contributed by atoms with E-state index in [9.17, 15) is 20.2 Å². The molecule has 178 valence electrons. The van der Waals surface area contributed by atoms with Gasteiger partial charge in [-0.25, -0.2) is 0 Å². The van der Waals surface area contributed by atoms with Crippen LogP contribution >= 0.6 is 11.6 Å². The second kappa shape index (κ2) is 11.7. The summed E-state index contributed by atoms with van der Waals surface area (Å²) in [5.41, 5.74) is 2.96. The minimum atomic E-state index is -0.506. The molecule has 0 fully saturated rings. The molecule has 0 atom stereocenters. The lowest BCUT2D eigenvalue weighted by Crippen LogP contribution is -2.20. The van der Waals surface area contributed by atoms with E-state index in [2.05, 4.69) is 11.4 Å². The monoisotopic (exact) mass is 491 g/mol. The van der Waals surface area contributed by atoms with Gasteiger partial charge in [0, 0.05) is 17.8 Å². The molecule has 0 aliphatic heterocycles. The molecule has 0 unspecified atom stereocenters. The molecule has 3 aromatic rings. The van der Waals surface area contributed by atoms with Gasteiger partial charge in [-0.2, -0.15) is 5.26 Å². The van der Waals surface area contributed by atoms with E-state index in [1.807, 2.05) is 25.1 Å². The number of amides is 1. The van der Waals surface area contributed by atoms with E-state index in [4.69, 9.17) is 21.1 Å². The Kier molecular flexibility index (Phi) is 8.43. The van der Waals surface area contributed by atoms with Gasteiger partial charge in [0.05, 0.1) is 28.2 Å². The summed E-state index contributed by atoms with van der Waals surface area (Å²) in [6.45, 7) is 3.76. The Bertz CT molecular complexity index is 1310. The fourth-order valence-electron chi connectivity index (χ4n) is 3.24. The molecule has 0 bridgehead atoms. The molecule has 0 aromatic heterocycles. The molecule has 3 rings (SSSR count). The van der Waals surface area contributed by atoms with Crippen molar-refractivity contribution in [3.8, 4) is 17.6 Å². The fourth-order valence-corrected chi connectivity index (χ4v) is 3.52. The van der Waals surface area contributed by atoms with Gasteiger partial charge < -0.3 is 14.8 Å². The maximum Gasteiger partial charge on any atom is 0.269 e. The largest absolute Gasteiger partial charge is 0.490 e. The lowest BCUT2D eigenvalue weighted by molar-refractivity contribution is -0.384. The molecule has 3 aromatic carbocycles. The molecule has 0 aliphatic carbocycles. The van der Waals surface area contributed by atoms with Crippen LogP contribution in [0.1, 0.15) is 23.6 Å². The zero-order valence-electron chi connectivity index (χ0n) is 19.1. The van der Waals surface area contributed by atoms with Crippen molar-refractivity contribution in [2.24, 2.45) is 0 Å². The number of halogens is 1. The summed E-state index contributed by atoms with van der Waals surface area (Å²) in [5.74, 6) is 0.164. The number of rotatable bonds is 9. The number of hydrogen-bond donors (Lipinski definition) is 1. The van der Waals surface area contributed by atoms with Crippen LogP contribution in [0.25, 0.3) is 11.6 Å². The predicted octanol–water partition coefficient (Wildman–Crippen LogP) is 6.04. The standard InChI is InChI=1S/C26H22ClN3O5/c1-3-34-24-14-18(12-20(15-28)19-7-9-22(10-8-19)30(32)33)13-23(27)26(24)35-16-25(31)29-21-6-4-5-17(2)11-21/h4-14H,3,16H2,1-2H3,(H,29,31)/b20-12+. The number of anilines is 1. The Labute approximate surface area is 207 Å². The van der Waals surface area contributed by atoms with Crippen molar-refractivity contribution in [2.45, 2.75) is 13.8 Å². The zero-order valence-corrected chi connectivity index (χ0v) is 19.8. The van der Waals surface area contributed by atoms with Gasteiger partial charge in [0.2, 0.25) is 0 Å². The number of carbonyl (C=O) groups is 1. The number of non-ortho nitro benzene ring substituents is 1. The minimum absolute atomic E-state index is 0.0688. The van der Waals surface area contributed by atoms with Crippen LogP contribution < -0.4 is 14.8 Å². The number of nitrogens with one attached hydrogen (secondary N) is 1. The van der Waals surface area contributed by atoms with E-state index >= 15 is 0 Å². The smallest absolute Gasteiger partial charge is 0.269 e. The molecule has 8 nitrogen and oxygen atoms in total. The SMILES string of the molecule is CCOc1cc(/C=C(\C#N)c2ccc([N+](=O)[O-])cc2)cc(Cl)c1OCC(=O)Nc1cccc(C)c1. The number of nitro groups is 1. The zero-order chi connectivity index (χ0) is 25.4. The number of nitriles is 1. The average Bonchev–Trinajstić information content (AvgIpc) is 2.82. The maximum absolute atomic E-state index is 12.3. The van der Waals surface area contributed by atoms with Gasteiger partial charge in [0.15, 0.2) is 18.1 Å². The molecule has 35 heavy (non-hydrogen) atoms. The Balaban J connectivity index is 1.81. The number of aryl methyl sites for hydroxylation is 1. The summed E-state index contributed by atoms with van der Waals surface area (Å²) in [5, 5.41) is 23.4. The molecule has 0 radical (unpaired) electrons. The van der Waals surface area contributed by atoms with Crippen molar-refractivity contribution >= 4 is 40.5 Å². The molecule has 9 heteroatoms. The van der Waals surface area contributed by atoms with Crippen LogP contribution in [0, 0.1) is 28.4 Å². The second-order valence-corrected chi connectivity index (χ2v) is 7.85. The maximum atomic E-state index is 12.3. The molecule has 0 heterocycles. The number of allylic oxidation sites excluding steroid dienone is 1. The summed E-state index contributed by atoms with van der Waals surface area (Å²) in [7, 11) is 0. The van der Waals surface area contributed by atoms with E-state index in [-0.39, 0.29) is 34.5 Å². The van der Waals surface area contributed by atoms with Gasteiger partial charge in [-0.05, 0) is 73.0 Å². The molecule has 1 amide bonds. The summed E-state index contributed by atoms with van der Waals surface area (Å²) < 4.78 is 11.3. The van der Waals surface area contributed by atoms with Crippen molar-refractivity contribution in [2.75, 3.05) is 18.5 Å². The van der Waals surface area contributed by atoms with Gasteiger partial charge in [-0.15, -0.1) is 0 Å². The normalized spacial score (nSPS) is 10.9. The van der Waals surface area contributed by atoms with Gasteiger partial charge in [0.1, 0.15) is 0 Å². The fraction of sp³-hybridized carbons (Fsp3) is 0.154. The number of benzene rings is 3. The third-order valence-corrected chi connectivity index (χ3v) is 5.08. The molecule has 0 saturated heterocycles. The first kappa shape index (κ1) is 25.3. The quantitative estimate of drug-likeness (QED) is 0.169. The summed E-state index contributed by atoms with van der Waals surface area (Å²) in [4.78, 5) is 22.7. The number of hydrogen-bond acceptors (Lipinski definition) is 6. The van der Waals surface area contributed by atoms with Crippen LogP contribution in [0.5, 0.6) is 11.5 Å². The topological polar surface area (TPSA) is 114 Å². The first-order chi connectivity index (χ1) is 16.8. The van der Waals surface area contributed by atoms with E-state index in [0.717, 1.165) is 5.56 Å². The molecule has 0 saturated carbocycles. The van der Waals surface area contributed by atoms with E-state index < -0.39 is 4.92 Å². The number of ether oxygens (including phenoxy) is 2. The van der Waals surface area contributed by atoms with Crippen molar-refractivity contribution in [1.29, 1.82) is 5.26 Å². The van der Waals surface area contributed by atoms with Crippen molar-refractivity contribution in [3.05, 3.63) is 92.5 Å². The summed E-state index contributed by atoms with van der Waals surface area (Å²) in [6, 6.07) is 18.4. The third kappa shape index (κ3) is 6.82. The molecule has 1 N–H and O–H groups in total. The highest BCUT2D eigenvalue weighted by molar-refractivity contribution is 6.32. The van der Waals surface area contributed by atoms with Gasteiger partial charge in [-0.3, -0.25) is 14.9 Å². The number of nitro benzene ring substituents is 1. The van der Waals surface area contributed by atoms with Crippen molar-refractivity contribution in [1.82, 2.24) is 0 Å². The van der Waals surface area contributed by atoms with E-state index in [1.54, 1.807) is 31.2 Å². The Morgan fingerprint density at radius 1 is 1.17 bits per heavy atom. The molecule has 0 spiro atoms. The van der Waals surface area contributed by atoms with Gasteiger partial charge in [-0.1, -0.05) is 23.7 Å². The Morgan fingerprint density at radius 2 is 1.91 bits per heavy atom. The summed E-state index contributed by atoms with van der Waals surface area (Å²) in [6.07, 6.45) is 1.59.